The smallest absolute Gasteiger partial charge is 0.236 e. The topological polar surface area (TPSA) is 58.4 Å². The van der Waals surface area contributed by atoms with Crippen molar-refractivity contribution in [3.63, 3.8) is 0 Å². The highest BCUT2D eigenvalue weighted by molar-refractivity contribution is 5.85. The second-order valence-corrected chi connectivity index (χ2v) is 6.06. The van der Waals surface area contributed by atoms with Crippen molar-refractivity contribution in [1.29, 1.82) is 0 Å². The van der Waals surface area contributed by atoms with Gasteiger partial charge in [0, 0.05) is 6.54 Å². The maximum absolute atomic E-state index is 11.7. The fourth-order valence-corrected chi connectivity index (χ4v) is 2.50. The van der Waals surface area contributed by atoms with Crippen molar-refractivity contribution in [2.24, 2.45) is 17.6 Å². The molecule has 1 saturated heterocycles. The Labute approximate surface area is 136 Å². The van der Waals surface area contributed by atoms with Crippen LogP contribution in [0.5, 0.6) is 0 Å². The molecule has 1 aliphatic rings. The van der Waals surface area contributed by atoms with Gasteiger partial charge in [0.1, 0.15) is 0 Å². The Morgan fingerprint density at radius 3 is 2.35 bits per heavy atom. The highest BCUT2D eigenvalue weighted by Crippen LogP contribution is 2.18. The minimum atomic E-state index is -0.345. The monoisotopic (exact) mass is 327 g/mol. The molecular formula is C14H31Cl2N3O. The van der Waals surface area contributed by atoms with Crippen molar-refractivity contribution >= 4 is 30.7 Å². The summed E-state index contributed by atoms with van der Waals surface area (Å²) in [6.07, 6.45) is 4.36. The molecule has 4 nitrogen and oxygen atoms in total. The van der Waals surface area contributed by atoms with Gasteiger partial charge in [-0.25, -0.2) is 0 Å². The number of nitrogens with two attached hydrogens (primary N) is 1. The van der Waals surface area contributed by atoms with E-state index in [1.807, 2.05) is 0 Å². The van der Waals surface area contributed by atoms with Crippen molar-refractivity contribution in [3.05, 3.63) is 0 Å². The van der Waals surface area contributed by atoms with Gasteiger partial charge >= 0.3 is 0 Å². The molecule has 122 valence electrons. The first-order valence-corrected chi connectivity index (χ1v) is 7.21. The van der Waals surface area contributed by atoms with Crippen LogP contribution in [-0.4, -0.2) is 43.5 Å². The normalized spacial score (nSPS) is 18.1. The van der Waals surface area contributed by atoms with E-state index in [0.717, 1.165) is 25.3 Å². The van der Waals surface area contributed by atoms with Gasteiger partial charge in [-0.2, -0.15) is 0 Å². The van der Waals surface area contributed by atoms with E-state index < -0.39 is 0 Å². The SMILES string of the molecule is CC(C)C[C@H](N)C(=O)NCCC1CCN(C)CC1.Cl.Cl. The Bertz CT molecular complexity index is 257. The van der Waals surface area contributed by atoms with Gasteiger partial charge in [-0.15, -0.1) is 24.8 Å². The number of nitrogens with zero attached hydrogens (tertiary/aromatic N) is 1. The molecule has 20 heavy (non-hydrogen) atoms. The molecule has 0 spiro atoms. The summed E-state index contributed by atoms with van der Waals surface area (Å²) in [4.78, 5) is 14.1. The number of nitrogens with one attached hydrogen (secondary N) is 1. The lowest BCUT2D eigenvalue weighted by atomic mass is 9.94. The van der Waals surface area contributed by atoms with Gasteiger partial charge in [0.25, 0.3) is 0 Å². The van der Waals surface area contributed by atoms with Crippen LogP contribution in [0.3, 0.4) is 0 Å². The Balaban J connectivity index is 0. The summed E-state index contributed by atoms with van der Waals surface area (Å²) >= 11 is 0. The fourth-order valence-electron chi connectivity index (χ4n) is 2.50. The van der Waals surface area contributed by atoms with Gasteiger partial charge in [0.15, 0.2) is 0 Å². The molecule has 0 saturated carbocycles. The molecule has 0 aromatic rings. The van der Waals surface area contributed by atoms with Gasteiger partial charge < -0.3 is 16.0 Å². The molecule has 0 bridgehead atoms. The van der Waals surface area contributed by atoms with Gasteiger partial charge in [-0.1, -0.05) is 13.8 Å². The first-order valence-electron chi connectivity index (χ1n) is 7.21. The first kappa shape index (κ1) is 22.3. The molecule has 1 heterocycles. The third-order valence-electron chi connectivity index (χ3n) is 3.75. The molecule has 0 radical (unpaired) electrons. The zero-order valence-electron chi connectivity index (χ0n) is 12.9. The number of hydrogen-bond donors (Lipinski definition) is 2. The molecule has 1 aliphatic heterocycles. The van der Waals surface area contributed by atoms with Gasteiger partial charge in [-0.05, 0) is 57.7 Å². The molecule has 1 rings (SSSR count). The summed E-state index contributed by atoms with van der Waals surface area (Å²) in [5.41, 5.74) is 5.84. The van der Waals surface area contributed by atoms with Crippen molar-refractivity contribution < 1.29 is 4.79 Å². The number of amides is 1. The van der Waals surface area contributed by atoms with E-state index in [2.05, 4.69) is 31.1 Å². The van der Waals surface area contributed by atoms with E-state index in [9.17, 15) is 4.79 Å². The zero-order valence-corrected chi connectivity index (χ0v) is 14.6. The maximum Gasteiger partial charge on any atom is 0.236 e. The average Bonchev–Trinajstić information content (AvgIpc) is 2.30. The predicted molar refractivity (Wildman–Crippen MR) is 89.8 cm³/mol. The lowest BCUT2D eigenvalue weighted by molar-refractivity contribution is -0.122. The summed E-state index contributed by atoms with van der Waals surface area (Å²) in [5, 5.41) is 2.97. The van der Waals surface area contributed by atoms with E-state index >= 15 is 0 Å². The summed E-state index contributed by atoms with van der Waals surface area (Å²) in [6.45, 7) is 7.33. The quantitative estimate of drug-likeness (QED) is 0.785. The van der Waals surface area contributed by atoms with Crippen molar-refractivity contribution in [1.82, 2.24) is 10.2 Å². The average molecular weight is 328 g/mol. The lowest BCUT2D eigenvalue weighted by Crippen LogP contribution is -2.42. The van der Waals surface area contributed by atoms with Crippen LogP contribution < -0.4 is 11.1 Å². The van der Waals surface area contributed by atoms with E-state index in [1.165, 1.54) is 25.9 Å². The van der Waals surface area contributed by atoms with Gasteiger partial charge in [0.05, 0.1) is 6.04 Å². The lowest BCUT2D eigenvalue weighted by Gasteiger charge is -2.29. The number of halogens is 2. The van der Waals surface area contributed by atoms with Gasteiger partial charge in [0.2, 0.25) is 5.91 Å². The zero-order chi connectivity index (χ0) is 13.5. The van der Waals surface area contributed by atoms with Crippen molar-refractivity contribution in [3.8, 4) is 0 Å². The van der Waals surface area contributed by atoms with Crippen LogP contribution >= 0.6 is 24.8 Å². The molecule has 6 heteroatoms. The number of carbonyl (C=O) groups excluding carboxylic acids is 1. The Hall–Kier alpha value is -0.0300. The molecule has 3 N–H and O–H groups in total. The third-order valence-corrected chi connectivity index (χ3v) is 3.75. The minimum absolute atomic E-state index is 0. The van der Waals surface area contributed by atoms with Crippen LogP contribution in [0, 0.1) is 11.8 Å². The summed E-state index contributed by atoms with van der Waals surface area (Å²) in [7, 11) is 2.17. The van der Waals surface area contributed by atoms with E-state index in [0.29, 0.717) is 5.92 Å². The van der Waals surface area contributed by atoms with E-state index in [1.54, 1.807) is 0 Å². The Kier molecular flexibility index (Phi) is 12.9. The van der Waals surface area contributed by atoms with Crippen LogP contribution in [0.4, 0.5) is 0 Å². The number of likely N-dealkylation sites (tertiary alicyclic amines) is 1. The number of carbonyl (C=O) groups is 1. The molecule has 1 amide bonds. The molecule has 0 aliphatic carbocycles. The highest BCUT2D eigenvalue weighted by Gasteiger charge is 2.18. The summed E-state index contributed by atoms with van der Waals surface area (Å²) in [6, 6.07) is -0.345. The Morgan fingerprint density at radius 1 is 1.30 bits per heavy atom. The summed E-state index contributed by atoms with van der Waals surface area (Å²) < 4.78 is 0. The maximum atomic E-state index is 11.7. The molecular weight excluding hydrogens is 297 g/mol. The molecule has 1 atom stereocenters. The van der Waals surface area contributed by atoms with Crippen molar-refractivity contribution in [2.75, 3.05) is 26.7 Å². The van der Waals surface area contributed by atoms with Crippen LogP contribution in [0.1, 0.15) is 39.5 Å². The minimum Gasteiger partial charge on any atom is -0.355 e. The Morgan fingerprint density at radius 2 is 1.85 bits per heavy atom. The molecule has 0 aromatic heterocycles. The van der Waals surface area contributed by atoms with E-state index in [4.69, 9.17) is 5.73 Å². The molecule has 0 unspecified atom stereocenters. The standard InChI is InChI=1S/C14H29N3O.2ClH/c1-11(2)10-13(15)14(18)16-7-4-12-5-8-17(3)9-6-12;;/h11-13H,4-10,15H2,1-3H3,(H,16,18);2*1H/t13-;;/m0../s1. The number of piperidine rings is 1. The van der Waals surface area contributed by atoms with Crippen LogP contribution in [0.25, 0.3) is 0 Å². The largest absolute Gasteiger partial charge is 0.355 e. The van der Waals surface area contributed by atoms with Crippen LogP contribution in [0.15, 0.2) is 0 Å². The van der Waals surface area contributed by atoms with Crippen LogP contribution in [-0.2, 0) is 4.79 Å². The van der Waals surface area contributed by atoms with Gasteiger partial charge in [-0.3, -0.25) is 4.79 Å². The number of rotatable bonds is 6. The van der Waals surface area contributed by atoms with E-state index in [-0.39, 0.29) is 36.8 Å². The third kappa shape index (κ3) is 9.01. The molecule has 1 fully saturated rings. The predicted octanol–water partition coefficient (Wildman–Crippen LogP) is 2.05. The second kappa shape index (κ2) is 11.6. The summed E-state index contributed by atoms with van der Waals surface area (Å²) in [5.74, 6) is 1.25. The van der Waals surface area contributed by atoms with Crippen LogP contribution in [0.2, 0.25) is 0 Å². The molecule has 0 aromatic carbocycles. The van der Waals surface area contributed by atoms with Crippen molar-refractivity contribution in [2.45, 2.75) is 45.6 Å². The second-order valence-electron chi connectivity index (χ2n) is 6.06. The number of hydrogen-bond acceptors (Lipinski definition) is 3. The highest BCUT2D eigenvalue weighted by atomic mass is 35.5. The fraction of sp³-hybridized carbons (Fsp3) is 0.929. The first-order chi connectivity index (χ1) is 8.49.